The second kappa shape index (κ2) is 3.34. The molecule has 0 amide bonds. The average molecular weight is 152 g/mol. The topological polar surface area (TPSA) is 24.7 Å². The van der Waals surface area contributed by atoms with E-state index in [-0.39, 0.29) is 0 Å². The fourth-order valence-corrected chi connectivity index (χ4v) is 0.386. The zero-order valence-corrected chi connectivity index (χ0v) is 5.61. The highest BCUT2D eigenvalue weighted by Crippen LogP contribution is 2.26. The highest BCUT2D eigenvalue weighted by molar-refractivity contribution is 5.03. The number of rotatable bonds is 1. The minimum atomic E-state index is -4.38. The molecule has 0 unspecified atom stereocenters. The Morgan fingerprint density at radius 3 is 2.00 bits per heavy atom. The first-order valence-corrected chi connectivity index (χ1v) is 2.55. The van der Waals surface area contributed by atoms with E-state index in [1.807, 2.05) is 0 Å². The fraction of sp³-hybridized carbons (Fsp3) is 0.600. The molecule has 0 aromatic carbocycles. The molecule has 0 radical (unpaired) electrons. The van der Waals surface area contributed by atoms with Crippen molar-refractivity contribution in [2.24, 2.45) is 10.2 Å². The lowest BCUT2D eigenvalue weighted by Gasteiger charge is -2.02. The number of allylic oxidation sites excluding steroid dienone is 2. The molecule has 0 aromatic rings. The molecule has 0 rings (SSSR count). The van der Waals surface area contributed by atoms with Crippen LogP contribution in [0, 0.1) is 0 Å². The Morgan fingerprint density at radius 1 is 1.40 bits per heavy atom. The van der Waals surface area contributed by atoms with E-state index < -0.39 is 11.9 Å². The first-order valence-electron chi connectivity index (χ1n) is 2.55. The maximum absolute atomic E-state index is 11.7. The Morgan fingerprint density at radius 2 is 1.90 bits per heavy atom. The summed E-state index contributed by atoms with van der Waals surface area (Å²) in [5.74, 6) is 0. The van der Waals surface area contributed by atoms with Crippen molar-refractivity contribution in [2.75, 3.05) is 7.05 Å². The van der Waals surface area contributed by atoms with Crippen molar-refractivity contribution in [2.45, 2.75) is 13.1 Å². The van der Waals surface area contributed by atoms with Crippen LogP contribution in [0.4, 0.5) is 13.2 Å². The van der Waals surface area contributed by atoms with Crippen LogP contribution < -0.4 is 0 Å². The smallest absolute Gasteiger partial charge is 0.192 e. The molecule has 0 aromatic heterocycles. The van der Waals surface area contributed by atoms with Gasteiger partial charge in [0.05, 0.1) is 0 Å². The first kappa shape index (κ1) is 9.13. The number of alkyl halides is 3. The monoisotopic (exact) mass is 152 g/mol. The lowest BCUT2D eigenvalue weighted by molar-refractivity contribution is -0.0931. The molecule has 0 heterocycles. The van der Waals surface area contributed by atoms with Gasteiger partial charge >= 0.3 is 6.18 Å². The first-order chi connectivity index (χ1) is 4.52. The third-order valence-electron chi connectivity index (χ3n) is 0.772. The molecule has 0 fully saturated rings. The SMILES string of the molecule is C/C=C(\N=N/C)C(F)(F)F. The summed E-state index contributed by atoms with van der Waals surface area (Å²) in [6.07, 6.45) is -3.51. The van der Waals surface area contributed by atoms with E-state index in [1.165, 1.54) is 14.0 Å². The molecule has 0 aliphatic heterocycles. The van der Waals surface area contributed by atoms with E-state index in [1.54, 1.807) is 0 Å². The quantitative estimate of drug-likeness (QED) is 0.516. The minimum absolute atomic E-state index is 0.868. The molecule has 0 atom stereocenters. The van der Waals surface area contributed by atoms with Crippen molar-refractivity contribution in [1.29, 1.82) is 0 Å². The number of hydrogen-bond acceptors (Lipinski definition) is 2. The molecule has 0 N–H and O–H groups in total. The number of hydrogen-bond donors (Lipinski definition) is 0. The standard InChI is InChI=1S/C5H7F3N2/c1-3-4(10-9-2)5(6,7)8/h3H,1-2H3/b4-3-,10-9-. The highest BCUT2D eigenvalue weighted by Gasteiger charge is 2.33. The fourth-order valence-electron chi connectivity index (χ4n) is 0.386. The number of nitrogens with zero attached hydrogens (tertiary/aromatic N) is 2. The molecule has 0 saturated heterocycles. The van der Waals surface area contributed by atoms with Gasteiger partial charge in [0.25, 0.3) is 0 Å². The van der Waals surface area contributed by atoms with Gasteiger partial charge in [-0.15, -0.1) is 0 Å². The summed E-state index contributed by atoms with van der Waals surface area (Å²) in [5, 5.41) is 5.89. The van der Waals surface area contributed by atoms with Gasteiger partial charge in [0.1, 0.15) is 0 Å². The lowest BCUT2D eigenvalue weighted by atomic mass is 10.4. The van der Waals surface area contributed by atoms with Crippen LogP contribution in [0.5, 0.6) is 0 Å². The summed E-state index contributed by atoms with van der Waals surface area (Å²) in [6.45, 7) is 1.26. The van der Waals surface area contributed by atoms with Crippen molar-refractivity contribution < 1.29 is 13.2 Å². The molecule has 0 saturated carbocycles. The maximum atomic E-state index is 11.7. The average Bonchev–Trinajstić information content (AvgIpc) is 1.80. The van der Waals surface area contributed by atoms with Gasteiger partial charge in [0.15, 0.2) is 5.70 Å². The van der Waals surface area contributed by atoms with Gasteiger partial charge in [-0.3, -0.25) is 0 Å². The minimum Gasteiger partial charge on any atom is -0.192 e. The van der Waals surface area contributed by atoms with Crippen LogP contribution in [-0.2, 0) is 0 Å². The van der Waals surface area contributed by atoms with Gasteiger partial charge in [-0.25, -0.2) is 0 Å². The Kier molecular flexibility index (Phi) is 3.05. The van der Waals surface area contributed by atoms with Crippen LogP contribution in [-0.4, -0.2) is 13.2 Å². The summed E-state index contributed by atoms with van der Waals surface area (Å²) in [5.41, 5.74) is -0.963. The maximum Gasteiger partial charge on any atom is 0.434 e. The highest BCUT2D eigenvalue weighted by atomic mass is 19.4. The predicted octanol–water partition coefficient (Wildman–Crippen LogP) is 2.53. The van der Waals surface area contributed by atoms with Crippen molar-refractivity contribution in [3.63, 3.8) is 0 Å². The van der Waals surface area contributed by atoms with E-state index in [0.29, 0.717) is 0 Å². The summed E-state index contributed by atoms with van der Waals surface area (Å²) >= 11 is 0. The normalized spacial score (nSPS) is 14.7. The van der Waals surface area contributed by atoms with Gasteiger partial charge in [-0.1, -0.05) is 6.08 Å². The van der Waals surface area contributed by atoms with Crippen LogP contribution in [0.3, 0.4) is 0 Å². The van der Waals surface area contributed by atoms with E-state index in [4.69, 9.17) is 0 Å². The van der Waals surface area contributed by atoms with Crippen molar-refractivity contribution in [3.8, 4) is 0 Å². The van der Waals surface area contributed by atoms with Gasteiger partial charge in [-0.2, -0.15) is 23.4 Å². The van der Waals surface area contributed by atoms with Crippen LogP contribution in [0.15, 0.2) is 22.0 Å². The molecule has 10 heavy (non-hydrogen) atoms. The van der Waals surface area contributed by atoms with Crippen molar-refractivity contribution in [1.82, 2.24) is 0 Å². The zero-order valence-electron chi connectivity index (χ0n) is 5.61. The van der Waals surface area contributed by atoms with Gasteiger partial charge in [-0.05, 0) is 6.92 Å². The molecule has 0 aliphatic rings. The van der Waals surface area contributed by atoms with Crippen molar-refractivity contribution in [3.05, 3.63) is 11.8 Å². The number of halogens is 3. The van der Waals surface area contributed by atoms with E-state index in [9.17, 15) is 13.2 Å². The molecule has 5 heteroatoms. The van der Waals surface area contributed by atoms with Gasteiger partial charge in [0, 0.05) is 7.05 Å². The van der Waals surface area contributed by atoms with E-state index in [2.05, 4.69) is 10.2 Å². The molecular weight excluding hydrogens is 145 g/mol. The van der Waals surface area contributed by atoms with Crippen molar-refractivity contribution >= 4 is 0 Å². The third kappa shape index (κ3) is 2.61. The second-order valence-corrected chi connectivity index (χ2v) is 1.47. The molecule has 0 aliphatic carbocycles. The summed E-state index contributed by atoms with van der Waals surface area (Å²) in [4.78, 5) is 0. The second-order valence-electron chi connectivity index (χ2n) is 1.47. The van der Waals surface area contributed by atoms with Crippen LogP contribution >= 0.6 is 0 Å². The van der Waals surface area contributed by atoms with Crippen LogP contribution in [0.2, 0.25) is 0 Å². The Hall–Kier alpha value is -0.870. The van der Waals surface area contributed by atoms with Crippen LogP contribution in [0.1, 0.15) is 6.92 Å². The van der Waals surface area contributed by atoms with E-state index >= 15 is 0 Å². The molecule has 58 valence electrons. The summed E-state index contributed by atoms with van der Waals surface area (Å²) in [7, 11) is 1.19. The lowest BCUT2D eigenvalue weighted by Crippen LogP contribution is -2.09. The largest absolute Gasteiger partial charge is 0.434 e. The Labute approximate surface area is 56.5 Å². The zero-order chi connectivity index (χ0) is 8.20. The molecule has 0 spiro atoms. The summed E-state index contributed by atoms with van der Waals surface area (Å²) in [6, 6.07) is 0. The molecule has 2 nitrogen and oxygen atoms in total. The third-order valence-corrected chi connectivity index (χ3v) is 0.772. The summed E-state index contributed by atoms with van der Waals surface area (Å²) < 4.78 is 35.1. The Bertz CT molecular complexity index is 157. The van der Waals surface area contributed by atoms with Gasteiger partial charge in [0.2, 0.25) is 0 Å². The molecule has 0 bridgehead atoms. The Balaban J connectivity index is 4.39. The predicted molar refractivity (Wildman–Crippen MR) is 30.6 cm³/mol. The molecular formula is C5H7F3N2. The van der Waals surface area contributed by atoms with E-state index in [0.717, 1.165) is 6.08 Å². The van der Waals surface area contributed by atoms with Gasteiger partial charge < -0.3 is 0 Å². The van der Waals surface area contributed by atoms with Crippen LogP contribution in [0.25, 0.3) is 0 Å². The number of azo groups is 1.